The van der Waals surface area contributed by atoms with Crippen LogP contribution >= 0.6 is 0 Å². The lowest BCUT2D eigenvalue weighted by molar-refractivity contribution is 0.171. The van der Waals surface area contributed by atoms with Gasteiger partial charge >= 0.3 is 0 Å². The highest BCUT2D eigenvalue weighted by atomic mass is 16.5. The molecule has 5 rings (SSSR count). The lowest BCUT2D eigenvalue weighted by Gasteiger charge is -2.40. The van der Waals surface area contributed by atoms with Crippen LogP contribution in [-0.2, 0) is 11.3 Å². The topological polar surface area (TPSA) is 101 Å². The van der Waals surface area contributed by atoms with E-state index >= 15 is 0 Å². The zero-order valence-electron chi connectivity index (χ0n) is 21.8. The van der Waals surface area contributed by atoms with Crippen molar-refractivity contribution in [2.24, 2.45) is 0 Å². The number of aromatic nitrogens is 5. The summed E-state index contributed by atoms with van der Waals surface area (Å²) in [5.74, 6) is 1.49. The lowest BCUT2D eigenvalue weighted by Crippen LogP contribution is -2.49. The average Bonchev–Trinajstić information content (AvgIpc) is 3.37. The van der Waals surface area contributed by atoms with E-state index in [1.54, 1.807) is 18.9 Å². The number of anilines is 1. The maximum atomic E-state index is 13.5. The van der Waals surface area contributed by atoms with Gasteiger partial charge in [-0.2, -0.15) is 0 Å². The number of hydrogen-bond acceptors (Lipinski definition) is 8. The molecule has 0 spiro atoms. The fourth-order valence-corrected chi connectivity index (χ4v) is 5.26. The normalized spacial score (nSPS) is 15.3. The van der Waals surface area contributed by atoms with E-state index in [9.17, 15) is 4.79 Å². The number of piperazine rings is 1. The monoisotopic (exact) mass is 503 g/mol. The average molecular weight is 504 g/mol. The van der Waals surface area contributed by atoms with Gasteiger partial charge in [-0.25, -0.2) is 4.68 Å². The van der Waals surface area contributed by atoms with E-state index in [4.69, 9.17) is 9.47 Å². The molecule has 1 saturated heterocycles. The second kappa shape index (κ2) is 10.7. The molecule has 10 nitrogen and oxygen atoms in total. The number of fused-ring (bicyclic) bond motifs is 1. The molecule has 0 saturated carbocycles. The van der Waals surface area contributed by atoms with Crippen LogP contribution in [0.15, 0.2) is 47.3 Å². The maximum Gasteiger partial charge on any atom is 0.253 e. The molecule has 1 aliphatic heterocycles. The number of rotatable bonds is 8. The summed E-state index contributed by atoms with van der Waals surface area (Å²) >= 11 is 0. The van der Waals surface area contributed by atoms with Gasteiger partial charge in [-0.1, -0.05) is 23.8 Å². The molecule has 1 fully saturated rings. The molecule has 2 aromatic carbocycles. The van der Waals surface area contributed by atoms with E-state index < -0.39 is 6.04 Å². The largest absolute Gasteiger partial charge is 0.495 e. The Morgan fingerprint density at radius 1 is 1.05 bits per heavy atom. The molecule has 37 heavy (non-hydrogen) atoms. The van der Waals surface area contributed by atoms with Crippen LogP contribution in [0.3, 0.4) is 0 Å². The second-order valence-electron chi connectivity index (χ2n) is 9.45. The Balaban J connectivity index is 1.54. The smallest absolute Gasteiger partial charge is 0.253 e. The Kier molecular flexibility index (Phi) is 7.20. The van der Waals surface area contributed by atoms with E-state index in [1.807, 2.05) is 31.2 Å². The minimum Gasteiger partial charge on any atom is -0.495 e. The fourth-order valence-electron chi connectivity index (χ4n) is 5.26. The van der Waals surface area contributed by atoms with Crippen molar-refractivity contribution in [1.82, 2.24) is 30.1 Å². The number of hydrogen-bond donors (Lipinski definition) is 1. The lowest BCUT2D eigenvalue weighted by atomic mass is 10.00. The van der Waals surface area contributed by atoms with Gasteiger partial charge in [0.25, 0.3) is 5.56 Å². The van der Waals surface area contributed by atoms with Crippen molar-refractivity contribution in [1.29, 1.82) is 0 Å². The standard InChI is InChI=1S/C27H33N7O3/c1-18-15-19(2)24-20(16-18)17-21(27(35)28-24)25(26-29-30-31-34(26)13-14-36-3)33-11-9-32(10-12-33)22-7-5-6-8-23(22)37-4/h5-8,15-17,25H,9-14H2,1-4H3,(H,28,35)/t25-/m1/s1. The third-order valence-corrected chi connectivity index (χ3v) is 7.03. The van der Waals surface area contributed by atoms with Gasteiger partial charge in [0.05, 0.1) is 31.5 Å². The molecule has 1 atom stereocenters. The highest BCUT2D eigenvalue weighted by Crippen LogP contribution is 2.32. The molecule has 1 aliphatic rings. The Labute approximate surface area is 215 Å². The first-order chi connectivity index (χ1) is 18.0. The number of tetrazole rings is 1. The van der Waals surface area contributed by atoms with E-state index in [0.29, 0.717) is 24.5 Å². The second-order valence-corrected chi connectivity index (χ2v) is 9.45. The number of aromatic amines is 1. The number of aryl methyl sites for hydroxylation is 2. The number of pyridine rings is 1. The predicted molar refractivity (Wildman–Crippen MR) is 142 cm³/mol. The molecule has 1 N–H and O–H groups in total. The molecule has 0 aliphatic carbocycles. The molecule has 10 heteroatoms. The van der Waals surface area contributed by atoms with Crippen molar-refractivity contribution in [3.05, 3.63) is 75.3 Å². The number of methoxy groups -OCH3 is 2. The van der Waals surface area contributed by atoms with Crippen molar-refractivity contribution in [2.75, 3.05) is 51.9 Å². The molecular formula is C27H33N7O3. The van der Waals surface area contributed by atoms with Crippen LogP contribution in [0, 0.1) is 13.8 Å². The van der Waals surface area contributed by atoms with Crippen LogP contribution in [-0.4, -0.2) is 77.1 Å². The first-order valence-corrected chi connectivity index (χ1v) is 12.5. The molecule has 0 unspecified atom stereocenters. The number of H-pyrrole nitrogens is 1. The minimum atomic E-state index is -0.402. The zero-order valence-corrected chi connectivity index (χ0v) is 21.8. The maximum absolute atomic E-state index is 13.5. The molecule has 194 valence electrons. The van der Waals surface area contributed by atoms with E-state index in [-0.39, 0.29) is 5.56 Å². The quantitative estimate of drug-likeness (QED) is 0.392. The van der Waals surface area contributed by atoms with Crippen LogP contribution in [0.25, 0.3) is 10.9 Å². The van der Waals surface area contributed by atoms with Crippen LogP contribution in [0.5, 0.6) is 5.75 Å². The number of nitrogens with zero attached hydrogens (tertiary/aromatic N) is 6. The first kappa shape index (κ1) is 24.9. The minimum absolute atomic E-state index is 0.127. The third kappa shape index (κ3) is 4.94. The highest BCUT2D eigenvalue weighted by Gasteiger charge is 2.33. The fraction of sp³-hybridized carbons (Fsp3) is 0.407. The van der Waals surface area contributed by atoms with Gasteiger partial charge in [-0.15, -0.1) is 5.10 Å². The summed E-state index contributed by atoms with van der Waals surface area (Å²) in [6.07, 6.45) is 0. The molecule has 0 amide bonds. The van der Waals surface area contributed by atoms with Crippen LogP contribution in [0.4, 0.5) is 5.69 Å². The first-order valence-electron chi connectivity index (χ1n) is 12.5. The van der Waals surface area contributed by atoms with Gasteiger partial charge in [0.1, 0.15) is 11.8 Å². The van der Waals surface area contributed by atoms with Crippen molar-refractivity contribution in [3.63, 3.8) is 0 Å². The van der Waals surface area contributed by atoms with Gasteiger partial charge in [-0.05, 0) is 59.5 Å². The van der Waals surface area contributed by atoms with E-state index in [1.165, 1.54) is 0 Å². The third-order valence-electron chi connectivity index (χ3n) is 7.03. The summed E-state index contributed by atoms with van der Waals surface area (Å²) < 4.78 is 12.6. The van der Waals surface area contributed by atoms with Crippen molar-refractivity contribution < 1.29 is 9.47 Å². The van der Waals surface area contributed by atoms with Gasteiger partial charge in [0.2, 0.25) is 0 Å². The molecule has 0 bridgehead atoms. The summed E-state index contributed by atoms with van der Waals surface area (Å²) in [5.41, 5.74) is 4.63. The van der Waals surface area contributed by atoms with Crippen molar-refractivity contribution >= 4 is 16.6 Å². The Bertz CT molecular complexity index is 1440. The zero-order chi connectivity index (χ0) is 25.9. The summed E-state index contributed by atoms with van der Waals surface area (Å²) in [7, 11) is 3.34. The Hall–Kier alpha value is -3.76. The molecule has 4 aromatic rings. The van der Waals surface area contributed by atoms with Gasteiger partial charge < -0.3 is 19.4 Å². The molecule has 3 heterocycles. The number of para-hydroxylation sites is 2. The summed E-state index contributed by atoms with van der Waals surface area (Å²) in [6.45, 7) is 8.07. The Morgan fingerprint density at radius 2 is 1.84 bits per heavy atom. The van der Waals surface area contributed by atoms with Crippen molar-refractivity contribution in [3.8, 4) is 5.75 Å². The summed E-state index contributed by atoms with van der Waals surface area (Å²) in [5, 5.41) is 13.6. The predicted octanol–water partition coefficient (Wildman–Crippen LogP) is 2.70. The summed E-state index contributed by atoms with van der Waals surface area (Å²) in [6, 6.07) is 13.8. The number of benzene rings is 2. The number of ether oxygens (including phenoxy) is 2. The van der Waals surface area contributed by atoms with E-state index in [2.05, 4.69) is 55.4 Å². The van der Waals surface area contributed by atoms with Gasteiger partial charge in [0.15, 0.2) is 5.82 Å². The van der Waals surface area contributed by atoms with Crippen LogP contribution in [0.2, 0.25) is 0 Å². The SMILES string of the molecule is COCCn1nnnc1[C@@H](c1cc2cc(C)cc(C)c2[nH]c1=O)N1CCN(c2ccccc2OC)CC1. The number of nitrogens with one attached hydrogen (secondary N) is 1. The summed E-state index contributed by atoms with van der Waals surface area (Å²) in [4.78, 5) is 21.3. The van der Waals surface area contributed by atoms with Crippen LogP contribution < -0.4 is 15.2 Å². The molecular weight excluding hydrogens is 470 g/mol. The van der Waals surface area contributed by atoms with Crippen molar-refractivity contribution in [2.45, 2.75) is 26.4 Å². The van der Waals surface area contributed by atoms with Gasteiger partial charge in [-0.3, -0.25) is 9.69 Å². The van der Waals surface area contributed by atoms with Gasteiger partial charge in [0, 0.05) is 38.9 Å². The Morgan fingerprint density at radius 3 is 2.59 bits per heavy atom. The van der Waals surface area contributed by atoms with E-state index in [0.717, 1.165) is 59.6 Å². The van der Waals surface area contributed by atoms with Crippen LogP contribution in [0.1, 0.15) is 28.6 Å². The molecule has 2 aromatic heterocycles. The highest BCUT2D eigenvalue weighted by molar-refractivity contribution is 5.83. The molecule has 0 radical (unpaired) electrons.